The molecule has 3 nitrogen and oxygen atoms in total. The summed E-state index contributed by atoms with van der Waals surface area (Å²) in [4.78, 5) is 10.5. The average Bonchev–Trinajstić information content (AvgIpc) is 2.95. The number of anilines is 1. The summed E-state index contributed by atoms with van der Waals surface area (Å²) < 4.78 is 0. The molecule has 0 atom stereocenters. The lowest BCUT2D eigenvalue weighted by atomic mass is 10.2. The molecule has 14 heavy (non-hydrogen) atoms. The molecule has 0 unspecified atom stereocenters. The molecule has 0 heterocycles. The van der Waals surface area contributed by atoms with Crippen LogP contribution in [0, 0.1) is 0 Å². The van der Waals surface area contributed by atoms with Crippen molar-refractivity contribution < 1.29 is 9.90 Å². The summed E-state index contributed by atoms with van der Waals surface area (Å²) in [5, 5.41) is 12.7. The highest BCUT2D eigenvalue weighted by Gasteiger charge is 2.39. The third-order valence-corrected chi connectivity index (χ3v) is 2.47. The van der Waals surface area contributed by atoms with Crippen molar-refractivity contribution in [1.29, 1.82) is 0 Å². The largest absolute Gasteiger partial charge is 0.388 e. The molecule has 1 aliphatic carbocycles. The third kappa shape index (κ3) is 2.12. The number of aldehydes is 1. The van der Waals surface area contributed by atoms with Crippen molar-refractivity contribution in [2.45, 2.75) is 18.4 Å². The van der Waals surface area contributed by atoms with Gasteiger partial charge in [0.1, 0.15) is 6.29 Å². The van der Waals surface area contributed by atoms with Gasteiger partial charge in [-0.1, -0.05) is 12.1 Å². The highest BCUT2D eigenvalue weighted by molar-refractivity contribution is 5.76. The van der Waals surface area contributed by atoms with Crippen LogP contribution in [0.5, 0.6) is 0 Å². The maximum Gasteiger partial charge on any atom is 0.150 e. The van der Waals surface area contributed by atoms with E-state index in [9.17, 15) is 9.90 Å². The van der Waals surface area contributed by atoms with E-state index in [4.69, 9.17) is 0 Å². The fraction of sp³-hybridized carbons (Fsp3) is 0.364. The Morgan fingerprint density at radius 3 is 2.93 bits per heavy atom. The minimum Gasteiger partial charge on any atom is -0.388 e. The molecule has 2 N–H and O–H groups in total. The van der Waals surface area contributed by atoms with Gasteiger partial charge >= 0.3 is 0 Å². The number of hydrogen-bond acceptors (Lipinski definition) is 3. The van der Waals surface area contributed by atoms with E-state index >= 15 is 0 Å². The molecule has 0 radical (unpaired) electrons. The minimum atomic E-state index is -0.503. The van der Waals surface area contributed by atoms with Crippen LogP contribution in [0.1, 0.15) is 23.2 Å². The SMILES string of the molecule is O=Cc1cccc(NCC2(O)CC2)c1. The van der Waals surface area contributed by atoms with Gasteiger partial charge in [-0.15, -0.1) is 0 Å². The van der Waals surface area contributed by atoms with Gasteiger partial charge in [-0.2, -0.15) is 0 Å². The number of aliphatic hydroxyl groups is 1. The van der Waals surface area contributed by atoms with Crippen molar-refractivity contribution in [3.63, 3.8) is 0 Å². The fourth-order valence-corrected chi connectivity index (χ4v) is 1.31. The summed E-state index contributed by atoms with van der Waals surface area (Å²) >= 11 is 0. The fourth-order valence-electron chi connectivity index (χ4n) is 1.31. The van der Waals surface area contributed by atoms with E-state index in [1.165, 1.54) is 0 Å². The lowest BCUT2D eigenvalue weighted by Gasteiger charge is -2.10. The second-order valence-electron chi connectivity index (χ2n) is 3.82. The Morgan fingerprint density at radius 1 is 1.50 bits per heavy atom. The highest BCUT2D eigenvalue weighted by Crippen LogP contribution is 2.34. The van der Waals surface area contributed by atoms with Gasteiger partial charge < -0.3 is 10.4 Å². The number of hydrogen-bond donors (Lipinski definition) is 2. The van der Waals surface area contributed by atoms with Crippen molar-refractivity contribution in [2.24, 2.45) is 0 Å². The molecule has 1 saturated carbocycles. The van der Waals surface area contributed by atoms with Gasteiger partial charge in [0.15, 0.2) is 0 Å². The molecular weight excluding hydrogens is 178 g/mol. The first-order chi connectivity index (χ1) is 6.72. The van der Waals surface area contributed by atoms with Crippen LogP contribution in [0.4, 0.5) is 5.69 Å². The summed E-state index contributed by atoms with van der Waals surface area (Å²) in [5.74, 6) is 0. The van der Waals surface area contributed by atoms with Gasteiger partial charge in [0, 0.05) is 17.8 Å². The van der Waals surface area contributed by atoms with E-state index in [-0.39, 0.29) is 0 Å². The van der Waals surface area contributed by atoms with Crippen LogP contribution >= 0.6 is 0 Å². The highest BCUT2D eigenvalue weighted by atomic mass is 16.3. The molecular formula is C11H13NO2. The molecule has 0 spiro atoms. The van der Waals surface area contributed by atoms with Gasteiger partial charge in [-0.05, 0) is 25.0 Å². The molecule has 0 aromatic heterocycles. The van der Waals surface area contributed by atoms with Crippen molar-refractivity contribution in [1.82, 2.24) is 0 Å². The lowest BCUT2D eigenvalue weighted by Crippen LogP contribution is -2.20. The monoisotopic (exact) mass is 191 g/mol. The van der Waals surface area contributed by atoms with Crippen LogP contribution in [0.3, 0.4) is 0 Å². The molecule has 0 aliphatic heterocycles. The van der Waals surface area contributed by atoms with E-state index in [2.05, 4.69) is 5.32 Å². The Balaban J connectivity index is 1.98. The Bertz CT molecular complexity index is 345. The zero-order valence-electron chi connectivity index (χ0n) is 7.86. The third-order valence-electron chi connectivity index (χ3n) is 2.47. The maximum atomic E-state index is 10.5. The summed E-state index contributed by atoms with van der Waals surface area (Å²) in [6, 6.07) is 7.24. The van der Waals surface area contributed by atoms with E-state index in [1.807, 2.05) is 12.1 Å². The predicted molar refractivity (Wildman–Crippen MR) is 54.5 cm³/mol. The molecule has 1 aromatic rings. The van der Waals surface area contributed by atoms with Crippen LogP contribution < -0.4 is 5.32 Å². The maximum absolute atomic E-state index is 10.5. The van der Waals surface area contributed by atoms with Crippen molar-refractivity contribution in [2.75, 3.05) is 11.9 Å². The zero-order chi connectivity index (χ0) is 10.0. The predicted octanol–water partition coefficient (Wildman–Crippen LogP) is 1.44. The molecule has 1 aliphatic rings. The first-order valence-electron chi connectivity index (χ1n) is 4.73. The zero-order valence-corrected chi connectivity index (χ0v) is 7.86. The number of carbonyl (C=O) groups is 1. The summed E-state index contributed by atoms with van der Waals surface area (Å²) in [5.41, 5.74) is 1.03. The first kappa shape index (κ1) is 9.21. The second kappa shape index (κ2) is 3.42. The standard InChI is InChI=1S/C11H13NO2/c13-7-9-2-1-3-10(6-9)12-8-11(14)4-5-11/h1-3,6-7,12,14H,4-5,8H2. The number of rotatable bonds is 4. The first-order valence-corrected chi connectivity index (χ1v) is 4.73. The van der Waals surface area contributed by atoms with Gasteiger partial charge in [-0.3, -0.25) is 4.79 Å². The molecule has 74 valence electrons. The van der Waals surface area contributed by atoms with E-state index in [0.717, 1.165) is 24.8 Å². The topological polar surface area (TPSA) is 49.3 Å². The van der Waals surface area contributed by atoms with Crippen LogP contribution in [0.15, 0.2) is 24.3 Å². The summed E-state index contributed by atoms with van der Waals surface area (Å²) in [7, 11) is 0. The lowest BCUT2D eigenvalue weighted by molar-refractivity contribution is 0.112. The smallest absolute Gasteiger partial charge is 0.150 e. The molecule has 0 amide bonds. The van der Waals surface area contributed by atoms with Crippen molar-refractivity contribution >= 4 is 12.0 Å². The van der Waals surface area contributed by atoms with Gasteiger partial charge in [0.25, 0.3) is 0 Å². The van der Waals surface area contributed by atoms with Crippen LogP contribution in [0.2, 0.25) is 0 Å². The Kier molecular flexibility index (Phi) is 2.25. The van der Waals surface area contributed by atoms with E-state index < -0.39 is 5.60 Å². The Hall–Kier alpha value is -1.35. The van der Waals surface area contributed by atoms with Gasteiger partial charge in [0.2, 0.25) is 0 Å². The minimum absolute atomic E-state index is 0.503. The summed E-state index contributed by atoms with van der Waals surface area (Å²) in [6.07, 6.45) is 2.55. The summed E-state index contributed by atoms with van der Waals surface area (Å²) in [6.45, 7) is 0.565. The van der Waals surface area contributed by atoms with Crippen molar-refractivity contribution in [3.8, 4) is 0 Å². The van der Waals surface area contributed by atoms with Crippen LogP contribution in [-0.2, 0) is 0 Å². The van der Waals surface area contributed by atoms with E-state index in [1.54, 1.807) is 12.1 Å². The quantitative estimate of drug-likeness (QED) is 0.708. The molecule has 0 bridgehead atoms. The average molecular weight is 191 g/mol. The van der Waals surface area contributed by atoms with Crippen LogP contribution in [0.25, 0.3) is 0 Å². The molecule has 1 fully saturated rings. The molecule has 1 aromatic carbocycles. The van der Waals surface area contributed by atoms with Gasteiger partial charge in [0.05, 0.1) is 5.60 Å². The molecule has 0 saturated heterocycles. The van der Waals surface area contributed by atoms with Gasteiger partial charge in [-0.25, -0.2) is 0 Å². The number of benzene rings is 1. The van der Waals surface area contributed by atoms with Crippen LogP contribution in [-0.4, -0.2) is 23.5 Å². The normalized spacial score (nSPS) is 17.5. The Morgan fingerprint density at radius 2 is 2.29 bits per heavy atom. The number of carbonyl (C=O) groups excluding carboxylic acids is 1. The molecule has 3 heteroatoms. The number of nitrogens with one attached hydrogen (secondary N) is 1. The Labute approximate surface area is 82.8 Å². The molecule has 2 rings (SSSR count). The van der Waals surface area contributed by atoms with E-state index in [0.29, 0.717) is 12.1 Å². The van der Waals surface area contributed by atoms with Crippen molar-refractivity contribution in [3.05, 3.63) is 29.8 Å². The second-order valence-corrected chi connectivity index (χ2v) is 3.82.